The molecular formula is C11H16ClN3O2S2. The van der Waals surface area contributed by atoms with E-state index >= 15 is 0 Å². The summed E-state index contributed by atoms with van der Waals surface area (Å²) in [4.78, 5) is 2.07. The van der Waals surface area contributed by atoms with E-state index in [4.69, 9.17) is 29.6 Å². The molecule has 0 unspecified atom stereocenters. The normalized spacial score (nSPS) is 11.8. The highest BCUT2D eigenvalue weighted by molar-refractivity contribution is 7.89. The van der Waals surface area contributed by atoms with Gasteiger partial charge in [0.1, 0.15) is 9.88 Å². The first kappa shape index (κ1) is 16.3. The first-order chi connectivity index (χ1) is 8.74. The zero-order valence-corrected chi connectivity index (χ0v) is 13.1. The number of nitrogens with zero attached hydrogens (tertiary/aromatic N) is 1. The number of nitrogens with two attached hydrogens (primary N) is 1. The zero-order valence-electron chi connectivity index (χ0n) is 10.7. The highest BCUT2D eigenvalue weighted by atomic mass is 35.5. The van der Waals surface area contributed by atoms with Crippen LogP contribution in [0.5, 0.6) is 0 Å². The van der Waals surface area contributed by atoms with Gasteiger partial charge >= 0.3 is 0 Å². The smallest absolute Gasteiger partial charge is 0.242 e. The number of likely N-dealkylation sites (N-methyl/N-ethyl adjacent to an activating group) is 1. The van der Waals surface area contributed by atoms with Gasteiger partial charge in [-0.15, -0.1) is 0 Å². The standard InChI is InChI=1S/C11H16ClN3O2S2/c1-15(2)6-5-14-19(16,17)10-4-3-8(11(13)18)7-9(10)12/h3-4,7,14H,5-6H2,1-2H3,(H2,13,18). The maximum atomic E-state index is 12.0. The minimum absolute atomic E-state index is 0.0212. The van der Waals surface area contributed by atoms with Crippen molar-refractivity contribution in [1.82, 2.24) is 9.62 Å². The Balaban J connectivity index is 2.93. The molecule has 1 rings (SSSR count). The van der Waals surface area contributed by atoms with E-state index in [1.54, 1.807) is 0 Å². The number of rotatable bonds is 6. The van der Waals surface area contributed by atoms with Gasteiger partial charge in [-0.1, -0.05) is 29.9 Å². The van der Waals surface area contributed by atoms with Crippen molar-refractivity contribution in [2.24, 2.45) is 5.73 Å². The average Bonchev–Trinajstić information content (AvgIpc) is 2.27. The predicted octanol–water partition coefficient (Wildman–Crippen LogP) is 0.814. The van der Waals surface area contributed by atoms with Gasteiger partial charge in [0.25, 0.3) is 0 Å². The molecule has 3 N–H and O–H groups in total. The number of sulfonamides is 1. The van der Waals surface area contributed by atoms with Crippen molar-refractivity contribution in [3.8, 4) is 0 Å². The van der Waals surface area contributed by atoms with E-state index in [9.17, 15) is 8.42 Å². The Labute approximate surface area is 123 Å². The van der Waals surface area contributed by atoms with Gasteiger partial charge in [-0.25, -0.2) is 13.1 Å². The van der Waals surface area contributed by atoms with Crippen molar-refractivity contribution in [2.45, 2.75) is 4.90 Å². The molecule has 0 spiro atoms. The molecule has 106 valence electrons. The Bertz CT molecular complexity index is 573. The summed E-state index contributed by atoms with van der Waals surface area (Å²) < 4.78 is 26.6. The third kappa shape index (κ3) is 4.70. The van der Waals surface area contributed by atoms with Crippen LogP contribution in [0.1, 0.15) is 5.56 Å². The lowest BCUT2D eigenvalue weighted by molar-refractivity contribution is 0.412. The van der Waals surface area contributed by atoms with E-state index in [1.807, 2.05) is 19.0 Å². The second kappa shape index (κ2) is 6.62. The summed E-state index contributed by atoms with van der Waals surface area (Å²) in [5, 5.41) is 0.0997. The average molecular weight is 322 g/mol. The van der Waals surface area contributed by atoms with Gasteiger partial charge in [0.2, 0.25) is 10.0 Å². The number of nitrogens with one attached hydrogen (secondary N) is 1. The van der Waals surface area contributed by atoms with Crippen LogP contribution in [0.15, 0.2) is 23.1 Å². The van der Waals surface area contributed by atoms with Crippen molar-refractivity contribution in [3.05, 3.63) is 28.8 Å². The summed E-state index contributed by atoms with van der Waals surface area (Å²) >= 11 is 10.8. The Morgan fingerprint density at radius 1 is 1.47 bits per heavy atom. The van der Waals surface area contributed by atoms with Gasteiger partial charge < -0.3 is 10.6 Å². The minimum Gasteiger partial charge on any atom is -0.389 e. The fourth-order valence-electron chi connectivity index (χ4n) is 1.35. The molecule has 0 amide bonds. The van der Waals surface area contributed by atoms with Crippen molar-refractivity contribution in [1.29, 1.82) is 0 Å². The van der Waals surface area contributed by atoms with Crippen LogP contribution in [0.3, 0.4) is 0 Å². The van der Waals surface area contributed by atoms with Gasteiger partial charge in [0.05, 0.1) is 5.02 Å². The summed E-state index contributed by atoms with van der Waals surface area (Å²) in [7, 11) is 0.0970. The predicted molar refractivity (Wildman–Crippen MR) is 81.1 cm³/mol. The maximum absolute atomic E-state index is 12.0. The van der Waals surface area contributed by atoms with E-state index < -0.39 is 10.0 Å². The number of hydrogen-bond donors (Lipinski definition) is 2. The largest absolute Gasteiger partial charge is 0.389 e. The maximum Gasteiger partial charge on any atom is 0.242 e. The number of hydrogen-bond acceptors (Lipinski definition) is 4. The van der Waals surface area contributed by atoms with E-state index in [-0.39, 0.29) is 14.9 Å². The lowest BCUT2D eigenvalue weighted by atomic mass is 10.2. The molecule has 0 aliphatic rings. The second-order valence-corrected chi connectivity index (χ2v) is 6.79. The topological polar surface area (TPSA) is 75.4 Å². The summed E-state index contributed by atoms with van der Waals surface area (Å²) in [6.45, 7) is 0.907. The fourth-order valence-corrected chi connectivity index (χ4v) is 3.04. The van der Waals surface area contributed by atoms with Crippen LogP contribution < -0.4 is 10.5 Å². The Kier molecular flexibility index (Phi) is 5.69. The summed E-state index contributed by atoms with van der Waals surface area (Å²) in [6, 6.07) is 4.38. The van der Waals surface area contributed by atoms with Crippen LogP contribution in [0.2, 0.25) is 5.02 Å². The molecule has 0 heterocycles. The molecule has 0 aliphatic heterocycles. The highest BCUT2D eigenvalue weighted by Crippen LogP contribution is 2.22. The second-order valence-electron chi connectivity index (χ2n) is 4.21. The molecule has 8 heteroatoms. The fraction of sp³-hybridized carbons (Fsp3) is 0.364. The molecule has 0 aliphatic carbocycles. The van der Waals surface area contributed by atoms with Gasteiger partial charge in [-0.2, -0.15) is 0 Å². The van der Waals surface area contributed by atoms with Crippen molar-refractivity contribution < 1.29 is 8.42 Å². The summed E-state index contributed by atoms with van der Waals surface area (Å²) in [5.41, 5.74) is 5.99. The molecule has 0 bridgehead atoms. The first-order valence-electron chi connectivity index (χ1n) is 5.48. The minimum atomic E-state index is -3.62. The third-order valence-corrected chi connectivity index (χ3v) is 4.54. The molecule has 0 atom stereocenters. The van der Waals surface area contributed by atoms with Crippen LogP contribution in [-0.2, 0) is 10.0 Å². The van der Waals surface area contributed by atoms with Crippen molar-refractivity contribution in [3.63, 3.8) is 0 Å². The molecule has 0 saturated carbocycles. The van der Waals surface area contributed by atoms with Crippen LogP contribution >= 0.6 is 23.8 Å². The monoisotopic (exact) mass is 321 g/mol. The Morgan fingerprint density at radius 3 is 2.58 bits per heavy atom. The molecular weight excluding hydrogens is 306 g/mol. The lowest BCUT2D eigenvalue weighted by Crippen LogP contribution is -2.31. The third-order valence-electron chi connectivity index (χ3n) is 2.36. The van der Waals surface area contributed by atoms with Crippen molar-refractivity contribution >= 4 is 38.8 Å². The molecule has 1 aromatic rings. The molecule has 5 nitrogen and oxygen atoms in total. The van der Waals surface area contributed by atoms with E-state index in [0.717, 1.165) is 0 Å². The molecule has 0 aromatic heterocycles. The highest BCUT2D eigenvalue weighted by Gasteiger charge is 2.18. The Morgan fingerprint density at radius 2 is 2.11 bits per heavy atom. The van der Waals surface area contributed by atoms with E-state index in [1.165, 1.54) is 18.2 Å². The lowest BCUT2D eigenvalue weighted by Gasteiger charge is -2.12. The van der Waals surface area contributed by atoms with Gasteiger partial charge in [-0.05, 0) is 26.2 Å². The summed E-state index contributed by atoms with van der Waals surface area (Å²) in [6.07, 6.45) is 0. The summed E-state index contributed by atoms with van der Waals surface area (Å²) in [5.74, 6) is 0. The van der Waals surface area contributed by atoms with E-state index in [2.05, 4.69) is 4.72 Å². The Hall–Kier alpha value is -0.730. The van der Waals surface area contributed by atoms with Crippen molar-refractivity contribution in [2.75, 3.05) is 27.2 Å². The van der Waals surface area contributed by atoms with Gasteiger partial charge in [0, 0.05) is 18.7 Å². The van der Waals surface area contributed by atoms with Crippen LogP contribution in [0, 0.1) is 0 Å². The molecule has 0 saturated heterocycles. The SMILES string of the molecule is CN(C)CCNS(=O)(=O)c1ccc(C(N)=S)cc1Cl. The molecule has 1 aromatic carbocycles. The number of thiocarbonyl (C=S) groups is 1. The number of halogens is 1. The van der Waals surface area contributed by atoms with Crippen LogP contribution in [0.25, 0.3) is 0 Å². The first-order valence-corrected chi connectivity index (χ1v) is 7.74. The molecule has 0 radical (unpaired) electrons. The quantitative estimate of drug-likeness (QED) is 0.759. The van der Waals surface area contributed by atoms with Gasteiger partial charge in [-0.3, -0.25) is 0 Å². The number of benzene rings is 1. The molecule has 0 fully saturated rings. The van der Waals surface area contributed by atoms with E-state index in [0.29, 0.717) is 18.7 Å². The zero-order chi connectivity index (χ0) is 14.6. The van der Waals surface area contributed by atoms with Crippen LogP contribution in [-0.4, -0.2) is 45.5 Å². The molecule has 19 heavy (non-hydrogen) atoms. The van der Waals surface area contributed by atoms with Crippen LogP contribution in [0.4, 0.5) is 0 Å². The van der Waals surface area contributed by atoms with Gasteiger partial charge in [0.15, 0.2) is 0 Å².